The van der Waals surface area contributed by atoms with Crippen molar-refractivity contribution in [3.63, 3.8) is 0 Å². The number of Topliss-reactive ketones (excluding diaryl/α,β-unsaturated/α-hetero) is 1. The van der Waals surface area contributed by atoms with Gasteiger partial charge in [-0.2, -0.15) is 0 Å². The van der Waals surface area contributed by atoms with E-state index in [4.69, 9.17) is 9.84 Å². The number of carbonyl (C=O) groups is 4. The van der Waals surface area contributed by atoms with E-state index in [1.165, 1.54) is 24.3 Å². The van der Waals surface area contributed by atoms with Crippen LogP contribution in [0.3, 0.4) is 0 Å². The van der Waals surface area contributed by atoms with Gasteiger partial charge >= 0.3 is 11.9 Å². The molecule has 10 heteroatoms. The number of carbonyl (C=O) groups excluding carboxylic acids is 3. The monoisotopic (exact) mass is 350 g/mol. The van der Waals surface area contributed by atoms with Crippen molar-refractivity contribution in [2.45, 2.75) is 25.5 Å². The summed E-state index contributed by atoms with van der Waals surface area (Å²) in [7, 11) is 0. The van der Waals surface area contributed by atoms with E-state index >= 15 is 0 Å². The van der Waals surface area contributed by atoms with E-state index in [1.807, 2.05) is 0 Å². The molecule has 1 aliphatic heterocycles. The number of hydrogen-bond donors (Lipinski definition) is 2. The molecule has 132 valence electrons. The summed E-state index contributed by atoms with van der Waals surface area (Å²) in [5.41, 5.74) is 0.298. The van der Waals surface area contributed by atoms with Crippen LogP contribution in [-0.4, -0.2) is 39.7 Å². The zero-order valence-corrected chi connectivity index (χ0v) is 12.8. The van der Waals surface area contributed by atoms with Crippen molar-refractivity contribution in [3.8, 4) is 0 Å². The smallest absolute Gasteiger partial charge is 0.375 e. The fourth-order valence-electron chi connectivity index (χ4n) is 2.32. The second kappa shape index (κ2) is 7.51. The Morgan fingerprint density at radius 2 is 1.92 bits per heavy atom. The van der Waals surface area contributed by atoms with Crippen LogP contribution in [0.15, 0.2) is 24.3 Å². The molecular weight excluding hydrogens is 336 g/mol. The molecule has 1 fully saturated rings. The number of rotatable bonds is 8. The van der Waals surface area contributed by atoms with Gasteiger partial charge in [0.15, 0.2) is 0 Å². The minimum Gasteiger partial charge on any atom is -0.481 e. The van der Waals surface area contributed by atoms with Crippen LogP contribution < -0.4 is 5.32 Å². The number of amides is 1. The lowest BCUT2D eigenvalue weighted by atomic mass is 9.85. The van der Waals surface area contributed by atoms with E-state index in [9.17, 15) is 29.3 Å². The van der Waals surface area contributed by atoms with Gasteiger partial charge in [-0.05, 0) is 17.7 Å². The average Bonchev–Trinajstić information content (AvgIpc) is 2.54. The van der Waals surface area contributed by atoms with Crippen molar-refractivity contribution in [2.24, 2.45) is 5.92 Å². The Balaban J connectivity index is 1.95. The van der Waals surface area contributed by atoms with Gasteiger partial charge in [-0.25, -0.2) is 4.79 Å². The number of ketones is 1. The number of hydrogen-bond acceptors (Lipinski definition) is 7. The van der Waals surface area contributed by atoms with Crippen LogP contribution >= 0.6 is 0 Å². The van der Waals surface area contributed by atoms with Gasteiger partial charge in [0.25, 0.3) is 5.69 Å². The summed E-state index contributed by atoms with van der Waals surface area (Å²) in [4.78, 5) is 55.7. The first-order valence-electron chi connectivity index (χ1n) is 7.23. The minimum atomic E-state index is -1.28. The maximum absolute atomic E-state index is 12.1. The largest absolute Gasteiger partial charge is 0.481 e. The van der Waals surface area contributed by atoms with Gasteiger partial charge in [0.05, 0.1) is 17.3 Å². The summed E-state index contributed by atoms with van der Waals surface area (Å²) < 4.78 is 4.83. The number of β-lactam (4-membered cyclic amide) rings is 1. The highest BCUT2D eigenvalue weighted by Crippen LogP contribution is 2.21. The fourth-order valence-corrected chi connectivity index (χ4v) is 2.32. The van der Waals surface area contributed by atoms with Gasteiger partial charge in [-0.1, -0.05) is 0 Å². The van der Waals surface area contributed by atoms with Crippen molar-refractivity contribution in [3.05, 3.63) is 39.9 Å². The van der Waals surface area contributed by atoms with Crippen molar-refractivity contribution in [2.75, 3.05) is 0 Å². The molecule has 2 rings (SSSR count). The van der Waals surface area contributed by atoms with Crippen LogP contribution in [0.5, 0.6) is 0 Å². The molecule has 0 bridgehead atoms. The van der Waals surface area contributed by atoms with Crippen LogP contribution in [0.2, 0.25) is 0 Å². The van der Waals surface area contributed by atoms with Crippen LogP contribution in [0, 0.1) is 16.0 Å². The normalized spacial score (nSPS) is 17.0. The minimum absolute atomic E-state index is 0.0285. The molecule has 1 aromatic carbocycles. The Kier molecular flexibility index (Phi) is 5.42. The lowest BCUT2D eigenvalue weighted by Gasteiger charge is -2.32. The van der Waals surface area contributed by atoms with Crippen LogP contribution in [-0.2, 0) is 30.5 Å². The van der Waals surface area contributed by atoms with Crippen molar-refractivity contribution in [1.82, 2.24) is 5.32 Å². The third-order valence-corrected chi connectivity index (χ3v) is 3.69. The summed E-state index contributed by atoms with van der Waals surface area (Å²) in [6.07, 6.45) is -0.629. The molecule has 1 aliphatic rings. The molecule has 2 unspecified atom stereocenters. The molecule has 10 nitrogen and oxygen atoms in total. The standard InChI is InChI=1S/C15H14N2O8/c18-12-6-11(16-12)10(5-13(19)20)14(21)15(22)25-7-8-1-3-9(4-2-8)17(23)24/h1-4,10-11H,5-7H2,(H,16,18)(H,19,20). The Labute approximate surface area is 140 Å². The molecule has 2 atom stereocenters. The Morgan fingerprint density at radius 3 is 2.40 bits per heavy atom. The third kappa shape index (κ3) is 4.59. The summed E-state index contributed by atoms with van der Waals surface area (Å²) in [6.45, 7) is -0.292. The number of non-ortho nitro benzene ring substituents is 1. The Hall–Kier alpha value is -3.30. The first-order chi connectivity index (χ1) is 11.8. The Morgan fingerprint density at radius 1 is 1.32 bits per heavy atom. The van der Waals surface area contributed by atoms with Gasteiger partial charge in [-0.3, -0.25) is 24.5 Å². The molecule has 1 saturated heterocycles. The fraction of sp³-hybridized carbons (Fsp3) is 0.333. The summed E-state index contributed by atoms with van der Waals surface area (Å²) >= 11 is 0. The van der Waals surface area contributed by atoms with Crippen molar-refractivity contribution >= 4 is 29.3 Å². The second-order valence-corrected chi connectivity index (χ2v) is 5.45. The van der Waals surface area contributed by atoms with E-state index in [0.29, 0.717) is 5.56 Å². The van der Waals surface area contributed by atoms with E-state index < -0.39 is 41.0 Å². The van der Waals surface area contributed by atoms with Crippen molar-refractivity contribution < 1.29 is 33.9 Å². The lowest BCUT2D eigenvalue weighted by Crippen LogP contribution is -2.56. The first-order valence-corrected chi connectivity index (χ1v) is 7.23. The molecule has 0 aromatic heterocycles. The molecule has 0 aliphatic carbocycles. The number of esters is 1. The molecule has 0 radical (unpaired) electrons. The topological polar surface area (TPSA) is 153 Å². The molecule has 1 aromatic rings. The van der Waals surface area contributed by atoms with E-state index in [2.05, 4.69) is 5.32 Å². The molecule has 0 saturated carbocycles. The van der Waals surface area contributed by atoms with E-state index in [-0.39, 0.29) is 24.6 Å². The number of nitrogens with zero attached hydrogens (tertiary/aromatic N) is 1. The number of aliphatic carboxylic acids is 1. The second-order valence-electron chi connectivity index (χ2n) is 5.45. The SMILES string of the molecule is O=C(O)CC(C(=O)C(=O)OCc1ccc([N+](=O)[O-])cc1)C1CC(=O)N1. The maximum atomic E-state index is 12.1. The van der Waals surface area contributed by atoms with E-state index in [0.717, 1.165) is 0 Å². The molecule has 1 amide bonds. The van der Waals surface area contributed by atoms with Crippen molar-refractivity contribution in [1.29, 1.82) is 0 Å². The number of ether oxygens (including phenoxy) is 1. The molecular formula is C15H14N2O8. The summed E-state index contributed by atoms with van der Waals surface area (Å²) in [5, 5.41) is 21.8. The van der Waals surface area contributed by atoms with Crippen LogP contribution in [0.4, 0.5) is 5.69 Å². The van der Waals surface area contributed by atoms with Crippen LogP contribution in [0.25, 0.3) is 0 Å². The average molecular weight is 350 g/mol. The summed E-state index contributed by atoms with van der Waals surface area (Å²) in [5.74, 6) is -5.05. The maximum Gasteiger partial charge on any atom is 0.375 e. The predicted octanol–water partition coefficient (Wildman–Crippen LogP) is 0.186. The molecule has 2 N–H and O–H groups in total. The van der Waals surface area contributed by atoms with Gasteiger partial charge in [-0.15, -0.1) is 0 Å². The Bertz CT molecular complexity index is 720. The molecule has 25 heavy (non-hydrogen) atoms. The highest BCUT2D eigenvalue weighted by molar-refractivity contribution is 6.35. The number of nitro groups is 1. The molecule has 1 heterocycles. The predicted molar refractivity (Wildman–Crippen MR) is 80.2 cm³/mol. The number of benzene rings is 1. The number of carboxylic acids is 1. The van der Waals surface area contributed by atoms with Gasteiger partial charge in [0.2, 0.25) is 11.7 Å². The highest BCUT2D eigenvalue weighted by Gasteiger charge is 2.41. The number of carboxylic acid groups (broad SMARTS) is 1. The third-order valence-electron chi connectivity index (χ3n) is 3.69. The summed E-state index contributed by atoms with van der Waals surface area (Å²) in [6, 6.07) is 4.49. The number of nitro benzene ring substituents is 1. The van der Waals surface area contributed by atoms with Gasteiger partial charge in [0, 0.05) is 24.6 Å². The molecule has 0 spiro atoms. The highest BCUT2D eigenvalue weighted by atomic mass is 16.6. The lowest BCUT2D eigenvalue weighted by molar-refractivity contribution is -0.384. The number of nitrogens with one attached hydrogen (secondary N) is 1. The first kappa shape index (κ1) is 18.0. The zero-order valence-electron chi connectivity index (χ0n) is 12.8. The zero-order chi connectivity index (χ0) is 18.6. The quantitative estimate of drug-likeness (QED) is 0.221. The van der Waals surface area contributed by atoms with Gasteiger partial charge < -0.3 is 15.2 Å². The van der Waals surface area contributed by atoms with Crippen LogP contribution in [0.1, 0.15) is 18.4 Å². The van der Waals surface area contributed by atoms with E-state index in [1.54, 1.807) is 0 Å². The van der Waals surface area contributed by atoms with Gasteiger partial charge in [0.1, 0.15) is 6.61 Å².